The Bertz CT molecular complexity index is 280. The average molecular weight is 251 g/mol. The lowest BCUT2D eigenvalue weighted by Crippen LogP contribution is -2.45. The monoisotopic (exact) mass is 251 g/mol. The fourth-order valence-corrected chi connectivity index (χ4v) is 4.91. The largest absolute Gasteiger partial charge is 0.381 e. The Morgan fingerprint density at radius 2 is 1.94 bits per heavy atom. The molecule has 3 saturated carbocycles. The van der Waals surface area contributed by atoms with Gasteiger partial charge in [0, 0.05) is 19.2 Å². The van der Waals surface area contributed by atoms with Crippen LogP contribution in [0.2, 0.25) is 0 Å². The van der Waals surface area contributed by atoms with Crippen LogP contribution >= 0.6 is 0 Å². The number of methoxy groups -OCH3 is 1. The van der Waals surface area contributed by atoms with Crippen LogP contribution in [0.1, 0.15) is 58.3 Å². The fraction of sp³-hybridized carbons (Fsp3) is 1.00. The minimum Gasteiger partial charge on any atom is -0.381 e. The van der Waals surface area contributed by atoms with Crippen molar-refractivity contribution in [1.29, 1.82) is 0 Å². The summed E-state index contributed by atoms with van der Waals surface area (Å²) in [6.45, 7) is 2.43. The molecular formula is C16H29NO. The van der Waals surface area contributed by atoms with Crippen molar-refractivity contribution in [2.75, 3.05) is 7.11 Å². The summed E-state index contributed by atoms with van der Waals surface area (Å²) < 4.78 is 5.54. The van der Waals surface area contributed by atoms with Crippen LogP contribution in [0.3, 0.4) is 0 Å². The zero-order chi connectivity index (χ0) is 12.5. The van der Waals surface area contributed by atoms with Gasteiger partial charge in [0.2, 0.25) is 0 Å². The van der Waals surface area contributed by atoms with Crippen LogP contribution in [0.15, 0.2) is 0 Å². The van der Waals surface area contributed by atoms with Gasteiger partial charge in [-0.3, -0.25) is 0 Å². The second-order valence-electron chi connectivity index (χ2n) is 7.02. The van der Waals surface area contributed by atoms with Crippen molar-refractivity contribution < 1.29 is 4.74 Å². The van der Waals surface area contributed by atoms with Gasteiger partial charge in [-0.2, -0.15) is 0 Å². The van der Waals surface area contributed by atoms with E-state index < -0.39 is 0 Å². The van der Waals surface area contributed by atoms with Crippen LogP contribution in [0.4, 0.5) is 0 Å². The van der Waals surface area contributed by atoms with Gasteiger partial charge in [-0.1, -0.05) is 6.42 Å². The van der Waals surface area contributed by atoms with Gasteiger partial charge >= 0.3 is 0 Å². The Hall–Kier alpha value is -0.0800. The van der Waals surface area contributed by atoms with Gasteiger partial charge < -0.3 is 10.1 Å². The lowest BCUT2D eigenvalue weighted by Gasteiger charge is -2.35. The van der Waals surface area contributed by atoms with Crippen LogP contribution in [0.25, 0.3) is 0 Å². The van der Waals surface area contributed by atoms with E-state index >= 15 is 0 Å². The quantitative estimate of drug-likeness (QED) is 0.827. The number of ether oxygens (including phenoxy) is 1. The second kappa shape index (κ2) is 5.50. The van der Waals surface area contributed by atoms with Crippen molar-refractivity contribution in [3.05, 3.63) is 0 Å². The molecule has 0 amide bonds. The zero-order valence-electron chi connectivity index (χ0n) is 12.0. The average Bonchev–Trinajstić information content (AvgIpc) is 3.01. The van der Waals surface area contributed by atoms with Crippen molar-refractivity contribution in [3.63, 3.8) is 0 Å². The summed E-state index contributed by atoms with van der Waals surface area (Å²) in [7, 11) is 1.87. The van der Waals surface area contributed by atoms with Crippen LogP contribution in [0, 0.1) is 17.8 Å². The maximum absolute atomic E-state index is 5.54. The lowest BCUT2D eigenvalue weighted by molar-refractivity contribution is 0.0547. The maximum Gasteiger partial charge on any atom is 0.0586 e. The molecule has 1 N–H and O–H groups in total. The number of rotatable bonds is 4. The van der Waals surface area contributed by atoms with Crippen LogP contribution < -0.4 is 5.32 Å². The van der Waals surface area contributed by atoms with E-state index in [-0.39, 0.29) is 0 Å². The van der Waals surface area contributed by atoms with Crippen molar-refractivity contribution in [3.8, 4) is 0 Å². The molecule has 104 valence electrons. The molecule has 3 aliphatic rings. The molecule has 0 aliphatic heterocycles. The standard InChI is InChI=1S/C16H29NO/c1-11(16-9-12-6-7-13(16)8-12)17-14-4-3-5-15(10-14)18-2/h11-17H,3-10H2,1-2H3. The SMILES string of the molecule is COC1CCCC(NC(C)C2CC3CCC2C3)C1. The normalized spacial score (nSPS) is 45.3. The second-order valence-corrected chi connectivity index (χ2v) is 7.02. The molecular weight excluding hydrogens is 222 g/mol. The highest BCUT2D eigenvalue weighted by Crippen LogP contribution is 2.49. The predicted molar refractivity (Wildman–Crippen MR) is 74.6 cm³/mol. The summed E-state index contributed by atoms with van der Waals surface area (Å²) in [4.78, 5) is 0. The van der Waals surface area contributed by atoms with Gasteiger partial charge in [-0.15, -0.1) is 0 Å². The fourth-order valence-electron chi connectivity index (χ4n) is 4.91. The van der Waals surface area contributed by atoms with Gasteiger partial charge in [-0.25, -0.2) is 0 Å². The number of hydrogen-bond donors (Lipinski definition) is 1. The third-order valence-corrected chi connectivity index (χ3v) is 5.89. The van der Waals surface area contributed by atoms with Crippen molar-refractivity contribution >= 4 is 0 Å². The summed E-state index contributed by atoms with van der Waals surface area (Å²) >= 11 is 0. The van der Waals surface area contributed by atoms with Crippen LogP contribution in [-0.2, 0) is 4.74 Å². The van der Waals surface area contributed by atoms with Crippen molar-refractivity contribution in [2.24, 2.45) is 17.8 Å². The topological polar surface area (TPSA) is 21.3 Å². The Balaban J connectivity index is 1.50. The molecule has 0 spiro atoms. The zero-order valence-corrected chi connectivity index (χ0v) is 12.0. The van der Waals surface area contributed by atoms with Gasteiger partial charge in [0.1, 0.15) is 0 Å². The Morgan fingerprint density at radius 1 is 1.06 bits per heavy atom. The van der Waals surface area contributed by atoms with Crippen LogP contribution in [0.5, 0.6) is 0 Å². The third kappa shape index (κ3) is 2.60. The van der Waals surface area contributed by atoms with Crippen LogP contribution in [-0.4, -0.2) is 25.3 Å². The van der Waals surface area contributed by atoms with Crippen molar-refractivity contribution in [1.82, 2.24) is 5.32 Å². The van der Waals surface area contributed by atoms with E-state index in [2.05, 4.69) is 12.2 Å². The summed E-state index contributed by atoms with van der Waals surface area (Å²) in [6.07, 6.45) is 11.7. The Kier molecular flexibility index (Phi) is 3.95. The molecule has 18 heavy (non-hydrogen) atoms. The molecule has 2 bridgehead atoms. The highest BCUT2D eigenvalue weighted by Gasteiger charge is 2.42. The Morgan fingerprint density at radius 3 is 2.61 bits per heavy atom. The van der Waals surface area contributed by atoms with E-state index in [9.17, 15) is 0 Å². The van der Waals surface area contributed by atoms with Crippen molar-refractivity contribution in [2.45, 2.75) is 76.5 Å². The molecule has 0 aromatic rings. The van der Waals surface area contributed by atoms with Gasteiger partial charge in [-0.05, 0) is 69.6 Å². The summed E-state index contributed by atoms with van der Waals surface area (Å²) in [5, 5.41) is 3.93. The first-order valence-electron chi connectivity index (χ1n) is 8.05. The van der Waals surface area contributed by atoms with E-state index in [1.807, 2.05) is 7.11 Å². The number of fused-ring (bicyclic) bond motifs is 2. The lowest BCUT2D eigenvalue weighted by atomic mass is 9.83. The van der Waals surface area contributed by atoms with Gasteiger partial charge in [0.15, 0.2) is 0 Å². The first-order valence-corrected chi connectivity index (χ1v) is 8.05. The smallest absolute Gasteiger partial charge is 0.0586 e. The first kappa shape index (κ1) is 12.9. The molecule has 0 aromatic carbocycles. The maximum atomic E-state index is 5.54. The molecule has 6 unspecified atom stereocenters. The van der Waals surface area contributed by atoms with E-state index in [0.29, 0.717) is 12.1 Å². The summed E-state index contributed by atoms with van der Waals surface area (Å²) in [5.41, 5.74) is 0. The number of hydrogen-bond acceptors (Lipinski definition) is 2. The van der Waals surface area contributed by atoms with E-state index in [4.69, 9.17) is 4.74 Å². The minimum atomic E-state index is 0.503. The molecule has 2 heteroatoms. The first-order chi connectivity index (χ1) is 8.76. The molecule has 0 heterocycles. The summed E-state index contributed by atoms with van der Waals surface area (Å²) in [5.74, 6) is 3.08. The van der Waals surface area contributed by atoms with E-state index in [1.165, 1.54) is 51.4 Å². The Labute approximate surface area is 112 Å². The molecule has 3 fully saturated rings. The number of nitrogens with one attached hydrogen (secondary N) is 1. The summed E-state index contributed by atoms with van der Waals surface area (Å²) in [6, 6.07) is 1.43. The molecule has 3 rings (SSSR count). The molecule has 2 nitrogen and oxygen atoms in total. The molecule has 3 aliphatic carbocycles. The minimum absolute atomic E-state index is 0.503. The molecule has 0 aromatic heterocycles. The van der Waals surface area contributed by atoms with E-state index in [0.717, 1.165) is 23.8 Å². The van der Waals surface area contributed by atoms with Gasteiger partial charge in [0.25, 0.3) is 0 Å². The highest BCUT2D eigenvalue weighted by molar-refractivity contribution is 4.95. The van der Waals surface area contributed by atoms with E-state index in [1.54, 1.807) is 0 Å². The molecule has 0 radical (unpaired) electrons. The van der Waals surface area contributed by atoms with Gasteiger partial charge in [0.05, 0.1) is 6.10 Å². The predicted octanol–water partition coefficient (Wildman–Crippen LogP) is 3.36. The molecule has 6 atom stereocenters. The third-order valence-electron chi connectivity index (χ3n) is 5.89. The highest BCUT2D eigenvalue weighted by atomic mass is 16.5. The molecule has 0 saturated heterocycles.